The first-order chi connectivity index (χ1) is 8.83. The van der Waals surface area contributed by atoms with Crippen LogP contribution in [0.2, 0.25) is 0 Å². The third kappa shape index (κ3) is 2.19. The second-order valence-corrected chi connectivity index (χ2v) is 4.84. The molecular formula is C16H17NO. The molecule has 0 aromatic heterocycles. The van der Waals surface area contributed by atoms with Gasteiger partial charge in [0.2, 0.25) is 0 Å². The van der Waals surface area contributed by atoms with Crippen LogP contribution in [-0.2, 0) is 6.42 Å². The number of para-hydroxylation sites is 1. The van der Waals surface area contributed by atoms with E-state index in [0.29, 0.717) is 11.8 Å². The lowest BCUT2D eigenvalue weighted by atomic mass is 9.87. The molecule has 2 aromatic carbocycles. The highest BCUT2D eigenvalue weighted by Crippen LogP contribution is 2.34. The molecule has 92 valence electrons. The van der Waals surface area contributed by atoms with Crippen LogP contribution in [0.5, 0.6) is 5.75 Å². The van der Waals surface area contributed by atoms with Gasteiger partial charge in [0.15, 0.2) is 0 Å². The van der Waals surface area contributed by atoms with Gasteiger partial charge < -0.3 is 10.4 Å². The summed E-state index contributed by atoms with van der Waals surface area (Å²) in [5.74, 6) is 0.370. The van der Waals surface area contributed by atoms with Crippen LogP contribution in [0.25, 0.3) is 0 Å². The number of fused-ring (bicyclic) bond motifs is 1. The monoisotopic (exact) mass is 239 g/mol. The molecule has 1 aliphatic rings. The minimum absolute atomic E-state index is 0.358. The number of aryl methyl sites for hydroxylation is 1. The summed E-state index contributed by atoms with van der Waals surface area (Å²) in [5, 5.41) is 13.1. The normalized spacial score (nSPS) is 18.1. The summed E-state index contributed by atoms with van der Waals surface area (Å²) in [5.41, 5.74) is 3.75. The molecule has 1 unspecified atom stereocenters. The van der Waals surface area contributed by atoms with E-state index in [1.54, 1.807) is 6.07 Å². The van der Waals surface area contributed by atoms with Crippen molar-refractivity contribution >= 4 is 5.69 Å². The highest BCUT2D eigenvalue weighted by Gasteiger charge is 2.20. The Morgan fingerprint density at radius 3 is 2.72 bits per heavy atom. The van der Waals surface area contributed by atoms with Crippen molar-refractivity contribution in [3.05, 3.63) is 59.7 Å². The van der Waals surface area contributed by atoms with Crippen LogP contribution < -0.4 is 5.32 Å². The minimum Gasteiger partial charge on any atom is -0.508 e. The van der Waals surface area contributed by atoms with Crippen molar-refractivity contribution in [2.45, 2.75) is 25.3 Å². The lowest BCUT2D eigenvalue weighted by Crippen LogP contribution is -2.17. The summed E-state index contributed by atoms with van der Waals surface area (Å²) in [6, 6.07) is 16.4. The first kappa shape index (κ1) is 11.1. The Morgan fingerprint density at radius 2 is 1.89 bits per heavy atom. The zero-order chi connectivity index (χ0) is 12.4. The molecule has 1 aliphatic carbocycles. The Hall–Kier alpha value is -1.96. The SMILES string of the molecule is Oc1ccc2c(c1)CCCC2Nc1ccccc1. The Labute approximate surface area is 107 Å². The summed E-state index contributed by atoms with van der Waals surface area (Å²) >= 11 is 0. The van der Waals surface area contributed by atoms with E-state index in [0.717, 1.165) is 18.5 Å². The predicted molar refractivity (Wildman–Crippen MR) is 73.9 cm³/mol. The molecule has 3 rings (SSSR count). The molecule has 2 heteroatoms. The van der Waals surface area contributed by atoms with Crippen LogP contribution in [0.15, 0.2) is 48.5 Å². The second-order valence-electron chi connectivity index (χ2n) is 4.84. The van der Waals surface area contributed by atoms with E-state index in [1.165, 1.54) is 17.5 Å². The van der Waals surface area contributed by atoms with Gasteiger partial charge in [0.05, 0.1) is 6.04 Å². The van der Waals surface area contributed by atoms with Crippen LogP contribution in [-0.4, -0.2) is 5.11 Å². The lowest BCUT2D eigenvalue weighted by Gasteiger charge is -2.27. The Morgan fingerprint density at radius 1 is 1.06 bits per heavy atom. The van der Waals surface area contributed by atoms with Gasteiger partial charge in [-0.05, 0) is 54.7 Å². The molecule has 2 N–H and O–H groups in total. The summed E-state index contributed by atoms with van der Waals surface area (Å²) in [7, 11) is 0. The van der Waals surface area contributed by atoms with Gasteiger partial charge in [-0.2, -0.15) is 0 Å². The molecule has 0 spiro atoms. The second kappa shape index (κ2) is 4.73. The van der Waals surface area contributed by atoms with E-state index in [2.05, 4.69) is 17.4 Å². The van der Waals surface area contributed by atoms with Gasteiger partial charge in [0, 0.05) is 5.69 Å². The quantitative estimate of drug-likeness (QED) is 0.833. The standard InChI is InChI=1S/C16H17NO/c18-14-9-10-15-12(11-14)5-4-8-16(15)17-13-6-2-1-3-7-13/h1-3,6-7,9-11,16-18H,4-5,8H2. The van der Waals surface area contributed by atoms with Crippen LogP contribution in [0.4, 0.5) is 5.69 Å². The zero-order valence-corrected chi connectivity index (χ0v) is 10.3. The maximum Gasteiger partial charge on any atom is 0.115 e. The smallest absolute Gasteiger partial charge is 0.115 e. The Bertz CT molecular complexity index is 536. The summed E-state index contributed by atoms with van der Waals surface area (Å²) in [4.78, 5) is 0. The van der Waals surface area contributed by atoms with Crippen molar-refractivity contribution in [3.63, 3.8) is 0 Å². The predicted octanol–water partition coefficient (Wildman–Crippen LogP) is 3.88. The molecule has 0 radical (unpaired) electrons. The summed E-state index contributed by atoms with van der Waals surface area (Å²) in [6.45, 7) is 0. The fourth-order valence-electron chi connectivity index (χ4n) is 2.69. The number of rotatable bonds is 2. The highest BCUT2D eigenvalue weighted by atomic mass is 16.3. The Kier molecular flexibility index (Phi) is 2.93. The van der Waals surface area contributed by atoms with Crippen molar-refractivity contribution in [3.8, 4) is 5.75 Å². The van der Waals surface area contributed by atoms with Gasteiger partial charge in [-0.25, -0.2) is 0 Å². The fraction of sp³-hybridized carbons (Fsp3) is 0.250. The van der Waals surface area contributed by atoms with Gasteiger partial charge in [-0.15, -0.1) is 0 Å². The van der Waals surface area contributed by atoms with Crippen LogP contribution >= 0.6 is 0 Å². The number of nitrogens with one attached hydrogen (secondary N) is 1. The molecule has 0 heterocycles. The Balaban J connectivity index is 1.87. The maximum atomic E-state index is 9.54. The van der Waals surface area contributed by atoms with E-state index < -0.39 is 0 Å². The molecule has 18 heavy (non-hydrogen) atoms. The number of aromatic hydroxyl groups is 1. The molecule has 2 nitrogen and oxygen atoms in total. The highest BCUT2D eigenvalue weighted by molar-refractivity contribution is 5.48. The molecule has 0 amide bonds. The van der Waals surface area contributed by atoms with Gasteiger partial charge in [-0.3, -0.25) is 0 Å². The van der Waals surface area contributed by atoms with E-state index in [9.17, 15) is 5.11 Å². The van der Waals surface area contributed by atoms with E-state index in [-0.39, 0.29) is 0 Å². The molecule has 2 aromatic rings. The van der Waals surface area contributed by atoms with Crippen molar-refractivity contribution in [1.82, 2.24) is 0 Å². The number of phenols is 1. The number of anilines is 1. The van der Waals surface area contributed by atoms with E-state index in [1.807, 2.05) is 30.3 Å². The fourth-order valence-corrected chi connectivity index (χ4v) is 2.69. The van der Waals surface area contributed by atoms with Crippen molar-refractivity contribution < 1.29 is 5.11 Å². The molecule has 0 saturated heterocycles. The number of hydrogen-bond donors (Lipinski definition) is 2. The van der Waals surface area contributed by atoms with Crippen LogP contribution in [0.3, 0.4) is 0 Å². The molecule has 0 bridgehead atoms. The maximum absolute atomic E-state index is 9.54. The largest absolute Gasteiger partial charge is 0.508 e. The molecular weight excluding hydrogens is 222 g/mol. The first-order valence-electron chi connectivity index (χ1n) is 6.46. The van der Waals surface area contributed by atoms with Crippen molar-refractivity contribution in [2.24, 2.45) is 0 Å². The van der Waals surface area contributed by atoms with Crippen molar-refractivity contribution in [1.29, 1.82) is 0 Å². The first-order valence-corrected chi connectivity index (χ1v) is 6.46. The minimum atomic E-state index is 0.358. The molecule has 0 aliphatic heterocycles. The van der Waals surface area contributed by atoms with E-state index in [4.69, 9.17) is 0 Å². The summed E-state index contributed by atoms with van der Waals surface area (Å²) < 4.78 is 0. The third-order valence-electron chi connectivity index (χ3n) is 3.56. The van der Waals surface area contributed by atoms with Gasteiger partial charge in [-0.1, -0.05) is 24.3 Å². The summed E-state index contributed by atoms with van der Waals surface area (Å²) in [6.07, 6.45) is 3.38. The van der Waals surface area contributed by atoms with Crippen molar-refractivity contribution in [2.75, 3.05) is 5.32 Å². The van der Waals surface area contributed by atoms with Gasteiger partial charge in [0.1, 0.15) is 5.75 Å². The van der Waals surface area contributed by atoms with Crippen LogP contribution in [0, 0.1) is 0 Å². The molecule has 1 atom stereocenters. The average molecular weight is 239 g/mol. The van der Waals surface area contributed by atoms with Crippen LogP contribution in [0.1, 0.15) is 30.0 Å². The van der Waals surface area contributed by atoms with E-state index >= 15 is 0 Å². The van der Waals surface area contributed by atoms with Gasteiger partial charge >= 0.3 is 0 Å². The molecule has 0 saturated carbocycles. The zero-order valence-electron chi connectivity index (χ0n) is 10.3. The number of phenolic OH excluding ortho intramolecular Hbond substituents is 1. The van der Waals surface area contributed by atoms with Gasteiger partial charge in [0.25, 0.3) is 0 Å². The lowest BCUT2D eigenvalue weighted by molar-refractivity contribution is 0.472. The average Bonchev–Trinajstić information content (AvgIpc) is 2.40. The third-order valence-corrected chi connectivity index (χ3v) is 3.56. The molecule has 0 fully saturated rings. The number of hydrogen-bond acceptors (Lipinski definition) is 2. The number of benzene rings is 2. The topological polar surface area (TPSA) is 32.3 Å².